The molecule has 0 radical (unpaired) electrons. The van der Waals surface area contributed by atoms with E-state index in [0.29, 0.717) is 0 Å². The minimum Gasteiger partial charge on any atom is -0.355 e. The van der Waals surface area contributed by atoms with E-state index >= 15 is 0 Å². The molecule has 14 heteroatoms. The first-order chi connectivity index (χ1) is 12.5. The summed E-state index contributed by atoms with van der Waals surface area (Å²) in [6, 6.07) is 0. The molecule has 0 heterocycles. The second kappa shape index (κ2) is 21.0. The van der Waals surface area contributed by atoms with Crippen LogP contribution in [0.3, 0.4) is 0 Å². The van der Waals surface area contributed by atoms with E-state index in [4.69, 9.17) is 42.1 Å². The van der Waals surface area contributed by atoms with Gasteiger partial charge in [-0.05, 0) is 101 Å². The van der Waals surface area contributed by atoms with Gasteiger partial charge in [0.25, 0.3) is 0 Å². The fourth-order valence-corrected chi connectivity index (χ4v) is 15.7. The summed E-state index contributed by atoms with van der Waals surface area (Å²) in [6.45, 7) is 1.90. The molecule has 0 aliphatic heterocycles. The summed E-state index contributed by atoms with van der Waals surface area (Å²) in [5.74, 6) is 6.20. The standard InChI is InChI=1S/C12H24O4P2S8/c1-11(13-3)15-17(19)7-5-9-21-23-25-26-24-22-10-6-8-18(20)16-12(2)14-4/h7-8,11-12H,5-6,9-10H2,1-4H3. The Kier molecular flexibility index (Phi) is 23.2. The van der Waals surface area contributed by atoms with Crippen molar-refractivity contribution in [1.82, 2.24) is 0 Å². The molecule has 4 unspecified atom stereocenters. The maximum Gasteiger partial charge on any atom is 0.164 e. The average molecular weight is 551 g/mol. The van der Waals surface area contributed by atoms with E-state index in [9.17, 15) is 0 Å². The summed E-state index contributed by atoms with van der Waals surface area (Å²) in [5, 5.41) is 0. The predicted molar refractivity (Wildman–Crippen MR) is 140 cm³/mol. The SMILES string of the molecule is COC(C)O/P(=S)=C/CCSSSSSSCC/C=P(=S)/OC(C)OC. The number of hydrogen-bond acceptors (Lipinski definition) is 12. The highest BCUT2D eigenvalue weighted by atomic mass is 33.9. The van der Waals surface area contributed by atoms with E-state index in [1.165, 1.54) is 0 Å². The first kappa shape index (κ1) is 28.7. The molecule has 0 fully saturated rings. The van der Waals surface area contributed by atoms with E-state index < -0.39 is 13.1 Å². The van der Waals surface area contributed by atoms with Crippen LogP contribution < -0.4 is 0 Å². The third-order valence-corrected chi connectivity index (χ3v) is 16.8. The summed E-state index contributed by atoms with van der Waals surface area (Å²) in [5.41, 5.74) is 0. The van der Waals surface area contributed by atoms with Crippen molar-refractivity contribution in [2.45, 2.75) is 39.3 Å². The molecule has 4 atom stereocenters. The summed E-state index contributed by atoms with van der Waals surface area (Å²) < 4.78 is 21.0. The molecule has 0 aromatic rings. The van der Waals surface area contributed by atoms with E-state index in [1.54, 1.807) is 53.5 Å². The highest BCUT2D eigenvalue weighted by Gasteiger charge is 1.99. The Morgan fingerprint density at radius 1 is 0.769 bits per heavy atom. The Balaban J connectivity index is 3.44. The molecule has 0 saturated heterocycles. The maximum atomic E-state index is 5.48. The van der Waals surface area contributed by atoms with Crippen molar-refractivity contribution in [2.75, 3.05) is 25.7 Å². The zero-order valence-corrected chi connectivity index (χ0v) is 23.3. The third-order valence-electron chi connectivity index (χ3n) is 2.31. The van der Waals surface area contributed by atoms with E-state index in [1.807, 2.05) is 35.4 Å². The Morgan fingerprint density at radius 3 is 1.50 bits per heavy atom. The van der Waals surface area contributed by atoms with Gasteiger partial charge >= 0.3 is 0 Å². The van der Waals surface area contributed by atoms with Gasteiger partial charge in [0.2, 0.25) is 0 Å². The molecule has 0 spiro atoms. The van der Waals surface area contributed by atoms with Gasteiger partial charge in [0.1, 0.15) is 0 Å². The van der Waals surface area contributed by atoms with Crippen LogP contribution in [0.25, 0.3) is 0 Å². The summed E-state index contributed by atoms with van der Waals surface area (Å²) in [7, 11) is 14.1. The minimum atomic E-state index is -0.907. The number of rotatable bonds is 17. The lowest BCUT2D eigenvalue weighted by molar-refractivity contribution is -0.0272. The second-order valence-corrected chi connectivity index (χ2v) is 18.5. The zero-order valence-electron chi connectivity index (χ0n) is 14.9. The highest BCUT2D eigenvalue weighted by molar-refractivity contribution is 9.41. The maximum absolute atomic E-state index is 5.48. The van der Waals surface area contributed by atoms with Crippen molar-refractivity contribution in [3.8, 4) is 0 Å². The smallest absolute Gasteiger partial charge is 0.164 e. The van der Waals surface area contributed by atoms with Gasteiger partial charge in [-0.25, -0.2) is 0 Å². The molecule has 0 aromatic carbocycles. The second-order valence-electron chi connectivity index (χ2n) is 4.25. The lowest BCUT2D eigenvalue weighted by Crippen LogP contribution is -2.03. The van der Waals surface area contributed by atoms with Crippen LogP contribution >= 0.6 is 74.0 Å². The molecule has 0 N–H and O–H groups in total. The molecule has 0 aromatic heterocycles. The summed E-state index contributed by atoms with van der Waals surface area (Å²) >= 11 is 10.5. The molecule has 154 valence electrons. The number of hydrogen-bond donors (Lipinski definition) is 0. The van der Waals surface area contributed by atoms with Gasteiger partial charge in [-0.15, -0.1) is 0 Å². The molecular formula is C12H24O4P2S8. The van der Waals surface area contributed by atoms with E-state index in [2.05, 4.69) is 11.6 Å². The van der Waals surface area contributed by atoms with Crippen LogP contribution in [0.15, 0.2) is 0 Å². The quantitative estimate of drug-likeness (QED) is 0.0803. The number of ether oxygens (including phenoxy) is 2. The first-order valence-corrected chi connectivity index (χ1v) is 19.9. The molecule has 0 rings (SSSR count). The van der Waals surface area contributed by atoms with Gasteiger partial charge in [0.15, 0.2) is 12.6 Å². The largest absolute Gasteiger partial charge is 0.355 e. The van der Waals surface area contributed by atoms with Crippen molar-refractivity contribution in [3.05, 3.63) is 0 Å². The van der Waals surface area contributed by atoms with Crippen LogP contribution in [0.2, 0.25) is 0 Å². The third kappa shape index (κ3) is 20.0. The minimum absolute atomic E-state index is 0.226. The summed E-state index contributed by atoms with van der Waals surface area (Å²) in [6.07, 6.45) is 1.46. The van der Waals surface area contributed by atoms with Crippen molar-refractivity contribution in [1.29, 1.82) is 0 Å². The molecule has 0 amide bonds. The van der Waals surface area contributed by atoms with E-state index in [-0.39, 0.29) is 12.6 Å². The molecule has 0 aliphatic carbocycles. The van der Waals surface area contributed by atoms with Crippen molar-refractivity contribution in [2.24, 2.45) is 0 Å². The average Bonchev–Trinajstić information content (AvgIpc) is 2.62. The topological polar surface area (TPSA) is 36.9 Å². The van der Waals surface area contributed by atoms with Crippen LogP contribution in [-0.4, -0.2) is 49.9 Å². The molecule has 4 nitrogen and oxygen atoms in total. The first-order valence-electron chi connectivity index (χ1n) is 7.39. The van der Waals surface area contributed by atoms with Crippen molar-refractivity contribution >= 4 is 109 Å². The van der Waals surface area contributed by atoms with Crippen molar-refractivity contribution in [3.63, 3.8) is 0 Å². The number of methoxy groups -OCH3 is 2. The van der Waals surface area contributed by atoms with Gasteiger partial charge in [-0.2, -0.15) is 0 Å². The van der Waals surface area contributed by atoms with Gasteiger partial charge in [-0.3, -0.25) is 9.05 Å². The normalized spacial score (nSPS) is 15.2. The lowest BCUT2D eigenvalue weighted by Gasteiger charge is -2.06. The Hall–Kier alpha value is 2.72. The van der Waals surface area contributed by atoms with Crippen molar-refractivity contribution < 1.29 is 18.5 Å². The van der Waals surface area contributed by atoms with Crippen LogP contribution in [0.5, 0.6) is 0 Å². The molecule has 26 heavy (non-hydrogen) atoms. The Morgan fingerprint density at radius 2 is 1.15 bits per heavy atom. The Labute approximate surface area is 191 Å². The summed E-state index contributed by atoms with van der Waals surface area (Å²) in [4.78, 5) is 0. The highest BCUT2D eigenvalue weighted by Crippen LogP contribution is 2.52. The van der Waals surface area contributed by atoms with Crippen LogP contribution in [-0.2, 0) is 42.1 Å². The van der Waals surface area contributed by atoms with E-state index in [0.717, 1.165) is 24.3 Å². The van der Waals surface area contributed by atoms with Gasteiger partial charge in [-0.1, -0.05) is 21.6 Å². The fourth-order valence-electron chi connectivity index (χ4n) is 1.01. The monoisotopic (exact) mass is 550 g/mol. The fraction of sp³-hybridized carbons (Fsp3) is 0.833. The molecule has 0 aliphatic rings. The van der Waals surface area contributed by atoms with Crippen LogP contribution in [0.1, 0.15) is 26.7 Å². The van der Waals surface area contributed by atoms with Gasteiger partial charge in [0.05, 0.1) is 13.1 Å². The Bertz CT molecular complexity index is 454. The predicted octanol–water partition coefficient (Wildman–Crippen LogP) is 7.08. The lowest BCUT2D eigenvalue weighted by atomic mass is 10.6. The van der Waals surface area contributed by atoms with Gasteiger partial charge in [0, 0.05) is 25.7 Å². The zero-order chi connectivity index (χ0) is 19.6. The van der Waals surface area contributed by atoms with Gasteiger partial charge < -0.3 is 9.47 Å². The molecule has 0 saturated carbocycles. The van der Waals surface area contributed by atoms with Crippen LogP contribution in [0.4, 0.5) is 0 Å². The molecular weight excluding hydrogens is 527 g/mol. The molecule has 0 bridgehead atoms. The van der Waals surface area contributed by atoms with Crippen LogP contribution in [0, 0.1) is 0 Å².